The maximum absolute atomic E-state index is 13.4. The average molecular weight is 683 g/mol. The summed E-state index contributed by atoms with van der Waals surface area (Å²) in [5.41, 5.74) is 1.01. The van der Waals surface area contributed by atoms with Crippen molar-refractivity contribution in [3.63, 3.8) is 0 Å². The number of aryl methyl sites for hydroxylation is 1. The fraction of sp³-hybridized carbons (Fsp3) is 0.400. The van der Waals surface area contributed by atoms with E-state index in [2.05, 4.69) is 39.9 Å². The number of rotatable bonds is 13. The Morgan fingerprint density at radius 1 is 0.789 bits per heavy atom. The summed E-state index contributed by atoms with van der Waals surface area (Å²) in [6, 6.07) is 29.5. The van der Waals surface area contributed by atoms with E-state index in [-0.39, 0.29) is 4.90 Å². The van der Waals surface area contributed by atoms with Gasteiger partial charge in [-0.2, -0.15) is 0 Å². The number of methoxy groups -OCH3 is 1. The molecule has 0 aliphatic carbocycles. The van der Waals surface area contributed by atoms with E-state index >= 15 is 0 Å². The zero-order chi connectivity index (χ0) is 28.0. The Hall–Kier alpha value is -1.47. The first kappa shape index (κ1) is 31.1. The van der Waals surface area contributed by atoms with Gasteiger partial charge in [0.25, 0.3) is 0 Å². The molecule has 8 heteroatoms. The van der Waals surface area contributed by atoms with Gasteiger partial charge >= 0.3 is 242 Å². The molecule has 208 valence electrons. The summed E-state index contributed by atoms with van der Waals surface area (Å²) in [5.74, 6) is 0.910. The molecule has 0 aromatic heterocycles. The third kappa shape index (κ3) is 7.38. The molecule has 3 rings (SSSR count). The van der Waals surface area contributed by atoms with Gasteiger partial charge in [-0.3, -0.25) is 0 Å². The number of hydrogen-bond donors (Lipinski definition) is 0. The summed E-state index contributed by atoms with van der Waals surface area (Å²) in [7, 11) is -5.32. The number of benzene rings is 3. The molecule has 0 heterocycles. The predicted octanol–water partition coefficient (Wildman–Crippen LogP) is 8.29. The van der Waals surface area contributed by atoms with E-state index in [4.69, 9.17) is 7.25 Å². The molecule has 0 aliphatic rings. The van der Waals surface area contributed by atoms with Gasteiger partial charge in [0.1, 0.15) is 0 Å². The average Bonchev–Trinajstić information content (AvgIpc) is 2.93. The van der Waals surface area contributed by atoms with Crippen molar-refractivity contribution < 1.29 is 15.7 Å². The van der Waals surface area contributed by atoms with E-state index in [0.29, 0.717) is 0 Å². The van der Waals surface area contributed by atoms with Crippen LogP contribution in [0, 0.1) is 14.1 Å². The minimum absolute atomic E-state index is 0.199. The summed E-state index contributed by atoms with van der Waals surface area (Å²) >= 11 is -2.81. The molecule has 38 heavy (non-hydrogen) atoms. The first-order chi connectivity index (χ1) is 18.0. The number of halogens is 1. The van der Waals surface area contributed by atoms with Crippen LogP contribution in [0.25, 0.3) is 0 Å². The molecule has 0 N–H and O–H groups in total. The van der Waals surface area contributed by atoms with E-state index in [1.54, 1.807) is 19.2 Å². The third-order valence-electron chi connectivity index (χ3n) is 8.01. The van der Waals surface area contributed by atoms with Gasteiger partial charge < -0.3 is 0 Å². The van der Waals surface area contributed by atoms with Crippen LogP contribution in [0.15, 0.2) is 77.7 Å². The van der Waals surface area contributed by atoms with Gasteiger partial charge in [-0.25, -0.2) is 0 Å². The van der Waals surface area contributed by atoms with Crippen LogP contribution in [-0.2, 0) is 12.6 Å². The molecule has 0 aliphatic heterocycles. The van der Waals surface area contributed by atoms with Crippen LogP contribution in [0.1, 0.15) is 26.3 Å². The zero-order valence-electron chi connectivity index (χ0n) is 23.9. The van der Waals surface area contributed by atoms with Crippen LogP contribution >= 0.6 is 20.2 Å². The second-order valence-electron chi connectivity index (χ2n) is 10.7. The molecule has 0 fully saturated rings. The molecular weight excluding hydrogens is 639 g/mol. The Labute approximate surface area is 240 Å². The Kier molecular flexibility index (Phi) is 10.8. The second kappa shape index (κ2) is 13.3. The molecule has 0 bridgehead atoms. The normalized spacial score (nSPS) is 12.9. The fourth-order valence-electron chi connectivity index (χ4n) is 4.86. The second-order valence-corrected chi connectivity index (χ2v) is 27.6. The SMILES string of the molecule is CC[Si](CC)(CC)CC[Si](C)(C)c1cc(I(OS(=O)(=O)c2ccc(C)cc2)c2ccccc2)ccc1OC. The Balaban J connectivity index is 2.05. The van der Waals surface area contributed by atoms with Gasteiger partial charge in [-0.1, -0.05) is 0 Å². The van der Waals surface area contributed by atoms with Crippen molar-refractivity contribution in [2.75, 3.05) is 7.11 Å². The summed E-state index contributed by atoms with van der Waals surface area (Å²) in [6.45, 7) is 13.9. The van der Waals surface area contributed by atoms with Crippen LogP contribution in [0.5, 0.6) is 5.75 Å². The van der Waals surface area contributed by atoms with E-state index < -0.39 is 46.5 Å². The summed E-state index contributed by atoms with van der Waals surface area (Å²) in [6.07, 6.45) is 0. The van der Waals surface area contributed by atoms with E-state index in [9.17, 15) is 8.42 Å². The van der Waals surface area contributed by atoms with Crippen molar-refractivity contribution in [3.8, 4) is 5.75 Å². The Morgan fingerprint density at radius 2 is 1.39 bits per heavy atom. The molecule has 0 saturated heterocycles. The van der Waals surface area contributed by atoms with E-state index in [1.807, 2.05) is 61.5 Å². The van der Waals surface area contributed by atoms with Gasteiger partial charge in [-0.05, 0) is 0 Å². The molecule has 3 aromatic carbocycles. The fourth-order valence-corrected chi connectivity index (χ4v) is 21.0. The van der Waals surface area contributed by atoms with Crippen molar-refractivity contribution in [1.82, 2.24) is 0 Å². The standard InChI is InChI=1S/C30H43IO4SSi2/c1-8-38(9-2,10-3)23-22-37(6,7)30-24-27(18-21-29(30)34-5)31(26-14-12-11-13-15-26)35-36(32,33)28-19-16-25(4)17-20-28/h11-21,24H,8-10,22-23H2,1-7H3. The summed E-state index contributed by atoms with van der Waals surface area (Å²) in [4.78, 5) is 0.199. The topological polar surface area (TPSA) is 52.6 Å². The number of ether oxygens (including phenoxy) is 1. The zero-order valence-corrected chi connectivity index (χ0v) is 28.9. The van der Waals surface area contributed by atoms with Crippen molar-refractivity contribution in [3.05, 3.63) is 85.5 Å². The van der Waals surface area contributed by atoms with Crippen LogP contribution in [-0.4, -0.2) is 31.7 Å². The van der Waals surface area contributed by atoms with Gasteiger partial charge in [0.2, 0.25) is 0 Å². The quantitative estimate of drug-likeness (QED) is 0.135. The van der Waals surface area contributed by atoms with Crippen LogP contribution in [0.3, 0.4) is 0 Å². The molecule has 3 aromatic rings. The number of hydrogen-bond acceptors (Lipinski definition) is 4. The van der Waals surface area contributed by atoms with Gasteiger partial charge in [0, 0.05) is 0 Å². The first-order valence-electron chi connectivity index (χ1n) is 13.5. The molecule has 4 nitrogen and oxygen atoms in total. The van der Waals surface area contributed by atoms with E-state index in [0.717, 1.165) is 18.5 Å². The summed E-state index contributed by atoms with van der Waals surface area (Å²) in [5, 5.41) is 1.26. The van der Waals surface area contributed by atoms with Crippen LogP contribution in [0.2, 0.25) is 43.3 Å². The maximum atomic E-state index is 13.4. The van der Waals surface area contributed by atoms with Crippen molar-refractivity contribution in [2.24, 2.45) is 0 Å². The first-order valence-corrected chi connectivity index (χ1v) is 23.9. The van der Waals surface area contributed by atoms with Crippen molar-refractivity contribution in [1.29, 1.82) is 0 Å². The monoisotopic (exact) mass is 682 g/mol. The summed E-state index contributed by atoms with van der Waals surface area (Å²) < 4.78 is 40.8. The van der Waals surface area contributed by atoms with Gasteiger partial charge in [0.05, 0.1) is 0 Å². The molecule has 0 saturated carbocycles. The van der Waals surface area contributed by atoms with Gasteiger partial charge in [-0.15, -0.1) is 0 Å². The Bertz CT molecular complexity index is 1280. The van der Waals surface area contributed by atoms with Gasteiger partial charge in [0.15, 0.2) is 0 Å². The molecular formula is C30H43IO4SSi2. The molecule has 0 atom stereocenters. The minimum atomic E-state index is -3.92. The third-order valence-corrected chi connectivity index (χ3v) is 25.0. The predicted molar refractivity (Wildman–Crippen MR) is 174 cm³/mol. The van der Waals surface area contributed by atoms with Crippen molar-refractivity contribution >= 4 is 51.7 Å². The van der Waals surface area contributed by atoms with Crippen molar-refractivity contribution in [2.45, 2.75) is 75.9 Å². The van der Waals surface area contributed by atoms with Crippen LogP contribution in [0.4, 0.5) is 0 Å². The van der Waals surface area contributed by atoms with E-state index in [1.165, 1.54) is 35.4 Å². The molecule has 0 amide bonds. The Morgan fingerprint density at radius 3 is 1.95 bits per heavy atom. The molecule has 0 unspecified atom stereocenters. The molecule has 0 spiro atoms. The van der Waals surface area contributed by atoms with Crippen LogP contribution < -0.4 is 9.92 Å². The molecule has 0 radical (unpaired) electrons.